The fourth-order valence-corrected chi connectivity index (χ4v) is 12.7. The van der Waals surface area contributed by atoms with E-state index in [0.29, 0.717) is 56.3 Å². The van der Waals surface area contributed by atoms with Gasteiger partial charge < -0.3 is 61.0 Å². The van der Waals surface area contributed by atoms with Crippen LogP contribution in [0.25, 0.3) is 0 Å². The number of ketones is 2. The minimum atomic E-state index is -1.11. The van der Waals surface area contributed by atoms with Gasteiger partial charge in [0, 0.05) is 96.9 Å². The highest BCUT2D eigenvalue weighted by molar-refractivity contribution is 6.12. The fourth-order valence-electron chi connectivity index (χ4n) is 12.7. The predicted octanol–water partition coefficient (Wildman–Crippen LogP) is 7.26. The first-order valence-corrected chi connectivity index (χ1v) is 33.3. The number of carbonyl (C=O) groups is 11. The first kappa shape index (κ1) is 78.9. The molecule has 0 spiro atoms. The third-order valence-electron chi connectivity index (χ3n) is 18.4. The van der Waals surface area contributed by atoms with Crippen LogP contribution >= 0.6 is 0 Å². The number of hydrogen-bond donors (Lipinski definition) is 6. The number of primary amides is 1. The highest BCUT2D eigenvalue weighted by atomic mass is 16.6. The summed E-state index contributed by atoms with van der Waals surface area (Å²) in [5, 5.41) is 21.8. The molecule has 2 aromatic carbocycles. The lowest BCUT2D eigenvalue weighted by atomic mass is 9.83. The number of ether oxygens (including phenoxy) is 3. The van der Waals surface area contributed by atoms with Gasteiger partial charge >= 0.3 is 12.1 Å². The number of aliphatic hydroxyl groups excluding tert-OH is 1. The van der Waals surface area contributed by atoms with Crippen LogP contribution in [-0.2, 0) is 64.0 Å². The monoisotopic (exact) mass is 1310 g/mol. The SMILES string of the molecule is CC[C@H](C)[C@@H]([C@@H](CC(=O)N1CCC[C@H]1[C@H](OC)[C@@H](C)C(=O)C[C@H](C)[C@@H](O)c1ccccc1)OC)N(C)C(=O)[C@@H](CC(=O)[C@H](C(C)C)N(C)C(=O)OCc1ccc(NC(=O)[C@H](CCCNC(N)=O)NC(=O)[C@@H](NC(=O)CCCCCN2C(=O)C=CC2=O)C(C)C)cc1)C(C)C. The molecule has 10 amide bonds. The maximum Gasteiger partial charge on any atom is 0.410 e. The van der Waals surface area contributed by atoms with Crippen molar-refractivity contribution >= 4 is 70.7 Å². The number of rotatable bonds is 40. The van der Waals surface area contributed by atoms with Gasteiger partial charge in [0.1, 0.15) is 24.5 Å². The van der Waals surface area contributed by atoms with Crippen molar-refractivity contribution in [2.75, 3.05) is 53.3 Å². The number of methoxy groups -OCH3 is 2. The molecule has 0 unspecified atom stereocenters. The van der Waals surface area contributed by atoms with Crippen molar-refractivity contribution < 1.29 is 72.1 Å². The molecule has 4 rings (SSSR count). The summed E-state index contributed by atoms with van der Waals surface area (Å²) >= 11 is 0. The lowest BCUT2D eigenvalue weighted by molar-refractivity contribution is -0.149. The second kappa shape index (κ2) is 38.7. The van der Waals surface area contributed by atoms with Gasteiger partial charge in [0.25, 0.3) is 11.8 Å². The van der Waals surface area contributed by atoms with E-state index in [1.807, 2.05) is 71.9 Å². The highest BCUT2D eigenvalue weighted by Crippen LogP contribution is 2.33. The molecule has 2 aromatic rings. The summed E-state index contributed by atoms with van der Waals surface area (Å²) in [5.74, 6) is -6.15. The van der Waals surface area contributed by atoms with E-state index in [1.165, 1.54) is 31.2 Å². The molecule has 12 atom stereocenters. The smallest absolute Gasteiger partial charge is 0.410 e. The van der Waals surface area contributed by atoms with Crippen LogP contribution in [0.2, 0.25) is 0 Å². The predicted molar refractivity (Wildman–Crippen MR) is 356 cm³/mol. The maximum absolute atomic E-state index is 14.9. The summed E-state index contributed by atoms with van der Waals surface area (Å²) in [6.45, 7) is 19.1. The van der Waals surface area contributed by atoms with E-state index >= 15 is 0 Å². The molecule has 1 saturated heterocycles. The van der Waals surface area contributed by atoms with Crippen molar-refractivity contribution in [1.29, 1.82) is 0 Å². The van der Waals surface area contributed by atoms with E-state index in [0.717, 1.165) is 10.5 Å². The summed E-state index contributed by atoms with van der Waals surface area (Å²) in [4.78, 5) is 153. The number of nitrogens with one attached hydrogen (secondary N) is 4. The summed E-state index contributed by atoms with van der Waals surface area (Å²) in [6.07, 6.45) is 3.30. The van der Waals surface area contributed by atoms with Crippen molar-refractivity contribution in [2.45, 2.75) is 201 Å². The molecule has 24 heteroatoms. The number of nitrogens with two attached hydrogens (primary N) is 1. The van der Waals surface area contributed by atoms with Crippen molar-refractivity contribution in [3.63, 3.8) is 0 Å². The minimum absolute atomic E-state index is 0.0564. The van der Waals surface area contributed by atoms with Crippen LogP contribution in [-0.4, -0.2) is 180 Å². The average Bonchev–Trinajstić information content (AvgIpc) is 1.33. The van der Waals surface area contributed by atoms with Gasteiger partial charge in [-0.2, -0.15) is 0 Å². The Balaban J connectivity index is 1.37. The number of likely N-dealkylation sites (tertiary alicyclic amines) is 1. The summed E-state index contributed by atoms with van der Waals surface area (Å²) in [7, 11) is 6.23. The van der Waals surface area contributed by atoms with Gasteiger partial charge in [-0.1, -0.05) is 125 Å². The zero-order valence-corrected chi connectivity index (χ0v) is 57.9. The van der Waals surface area contributed by atoms with E-state index in [9.17, 15) is 57.8 Å². The Kier molecular flexibility index (Phi) is 32.5. The molecule has 0 aromatic heterocycles. The number of amides is 10. The lowest BCUT2D eigenvalue weighted by Gasteiger charge is -2.41. The Morgan fingerprint density at radius 1 is 0.723 bits per heavy atom. The first-order valence-electron chi connectivity index (χ1n) is 33.3. The summed E-state index contributed by atoms with van der Waals surface area (Å²) in [5.41, 5.74) is 6.87. The van der Waals surface area contributed by atoms with E-state index in [4.69, 9.17) is 19.9 Å². The Morgan fingerprint density at radius 3 is 1.95 bits per heavy atom. The van der Waals surface area contributed by atoms with Crippen LogP contribution in [0, 0.1) is 41.4 Å². The zero-order chi connectivity index (χ0) is 70.1. The van der Waals surface area contributed by atoms with Gasteiger partial charge in [0.05, 0.1) is 42.9 Å². The van der Waals surface area contributed by atoms with E-state index in [1.54, 1.807) is 75.9 Å². The third-order valence-corrected chi connectivity index (χ3v) is 18.4. The first-order chi connectivity index (χ1) is 44.5. The van der Waals surface area contributed by atoms with Gasteiger partial charge in [-0.3, -0.25) is 48.1 Å². The number of carbonyl (C=O) groups excluding carboxylic acids is 11. The number of anilines is 1. The Morgan fingerprint density at radius 2 is 1.37 bits per heavy atom. The van der Waals surface area contributed by atoms with Crippen molar-refractivity contribution in [3.05, 3.63) is 77.9 Å². The van der Waals surface area contributed by atoms with Gasteiger partial charge in [-0.05, 0) is 91.4 Å². The van der Waals surface area contributed by atoms with Crippen LogP contribution in [0.1, 0.15) is 164 Å². The number of imide groups is 1. The Hall–Kier alpha value is -7.57. The number of likely N-dealkylation sites (N-methyl/N-ethyl adjacent to an activating group) is 2. The fraction of sp³-hybridized carbons (Fsp3) is 0.643. The van der Waals surface area contributed by atoms with Crippen molar-refractivity contribution in [3.8, 4) is 0 Å². The lowest BCUT2D eigenvalue weighted by Crippen LogP contribution is -2.54. The average molecular weight is 1310 g/mol. The maximum atomic E-state index is 14.9. The molecular formula is C70H107N9O15. The van der Waals surface area contributed by atoms with E-state index in [-0.39, 0.29) is 135 Å². The molecule has 0 bridgehead atoms. The molecule has 2 aliphatic heterocycles. The Bertz CT molecular complexity index is 2870. The van der Waals surface area contributed by atoms with Crippen LogP contribution in [0.15, 0.2) is 66.7 Å². The normalized spacial score (nSPS) is 17.5. The molecule has 7 N–H and O–H groups in total. The number of benzene rings is 2. The van der Waals surface area contributed by atoms with Crippen LogP contribution < -0.4 is 27.0 Å². The number of nitrogens with zero attached hydrogens (tertiary/aromatic N) is 4. The quantitative estimate of drug-likeness (QED) is 0.0282. The van der Waals surface area contributed by atoms with Gasteiger partial charge in [-0.25, -0.2) is 9.59 Å². The number of Topliss-reactive ketones (excluding diaryl/α,β-unsaturated/α-hetero) is 2. The molecule has 2 heterocycles. The van der Waals surface area contributed by atoms with Crippen LogP contribution in [0.5, 0.6) is 0 Å². The van der Waals surface area contributed by atoms with Crippen LogP contribution in [0.3, 0.4) is 0 Å². The molecule has 24 nitrogen and oxygen atoms in total. The molecule has 2 aliphatic rings. The Labute approximate surface area is 555 Å². The second-order valence-corrected chi connectivity index (χ2v) is 26.4. The standard InChI is InChI=1S/C70H107N9O15/c1-15-45(8)63(56(92-13)40-60(85)78-37-23-27-53(78)65(93-14)47(10)54(80)38-46(9)64(86)49-24-18-16-19-25-49)76(11)68(89)51(42(2)3)39-55(81)62(44(6)7)77(12)70(91)94-41-48-29-31-50(32-30-48)73-66(87)52(26-22-35-72-69(71)90)74-67(88)61(43(4)5)75-57(82)28-20-17-21-36-79-58(83)33-34-59(79)84/h16,18-19,24-25,29-34,42-47,51-53,56,61-65,86H,15,17,20-23,26-28,35-41H2,1-14H3,(H,73,87)(H,74,88)(H,75,82)(H3,71,72,90)/t45-,46-,47-,51-,52-,53-,56+,61-,62-,63-,64+,65+/m0/s1. The van der Waals surface area contributed by atoms with Crippen molar-refractivity contribution in [2.24, 2.45) is 47.2 Å². The second-order valence-electron chi connectivity index (χ2n) is 26.4. The zero-order valence-electron chi connectivity index (χ0n) is 57.9. The van der Waals surface area contributed by atoms with Gasteiger partial charge in [-0.15, -0.1) is 0 Å². The third kappa shape index (κ3) is 23.1. The number of aliphatic hydroxyl groups is 1. The van der Waals surface area contributed by atoms with Crippen LogP contribution in [0.4, 0.5) is 15.3 Å². The summed E-state index contributed by atoms with van der Waals surface area (Å²) in [6, 6.07) is 10.9. The molecule has 0 saturated carbocycles. The minimum Gasteiger partial charge on any atom is -0.445 e. The van der Waals surface area contributed by atoms with E-state index in [2.05, 4.69) is 21.3 Å². The highest BCUT2D eigenvalue weighted by Gasteiger charge is 2.44. The van der Waals surface area contributed by atoms with Gasteiger partial charge in [0.2, 0.25) is 29.5 Å². The molecule has 1 fully saturated rings. The van der Waals surface area contributed by atoms with Gasteiger partial charge in [0.15, 0.2) is 5.78 Å². The molecule has 0 aliphatic carbocycles. The molecule has 0 radical (unpaired) electrons. The van der Waals surface area contributed by atoms with E-state index < -0.39 is 78.3 Å². The van der Waals surface area contributed by atoms with Crippen molar-refractivity contribution in [1.82, 2.24) is 35.6 Å². The molecule has 522 valence electrons. The molecule has 94 heavy (non-hydrogen) atoms. The largest absolute Gasteiger partial charge is 0.445 e. The molecular weight excluding hydrogens is 1210 g/mol. The topological polar surface area (TPSA) is 323 Å². The number of unbranched alkanes of at least 4 members (excludes halogenated alkanes) is 2. The summed E-state index contributed by atoms with van der Waals surface area (Å²) < 4.78 is 17.9. The number of urea groups is 1. The number of hydrogen-bond acceptors (Lipinski definition) is 15.